The van der Waals surface area contributed by atoms with Crippen LogP contribution in [0, 0.1) is 0 Å². The highest BCUT2D eigenvalue weighted by atomic mass is 35.5. The number of halogens is 1. The van der Waals surface area contributed by atoms with Crippen molar-refractivity contribution in [3.8, 4) is 0 Å². The van der Waals surface area contributed by atoms with Gasteiger partial charge in [-0.15, -0.1) is 0 Å². The van der Waals surface area contributed by atoms with Gasteiger partial charge in [-0.3, -0.25) is 14.3 Å². The highest BCUT2D eigenvalue weighted by Crippen LogP contribution is 2.14. The van der Waals surface area contributed by atoms with E-state index >= 15 is 0 Å². The lowest BCUT2D eigenvalue weighted by Crippen LogP contribution is -2.50. The molecule has 1 saturated heterocycles. The molecule has 3 heterocycles. The Morgan fingerprint density at radius 3 is 2.25 bits per heavy atom. The van der Waals surface area contributed by atoms with Crippen LogP contribution in [0.25, 0.3) is 0 Å². The summed E-state index contributed by atoms with van der Waals surface area (Å²) in [6.45, 7) is 2.57. The molecule has 0 unspecified atom stereocenters. The fourth-order valence-electron chi connectivity index (χ4n) is 3.22. The largest absolute Gasteiger partial charge is 0.459 e. The number of carbonyl (C=O) groups excluding carboxylic acids is 2. The molecule has 0 atom stereocenters. The van der Waals surface area contributed by atoms with E-state index in [2.05, 4.69) is 5.10 Å². The number of carbonyl (C=O) groups is 2. The van der Waals surface area contributed by atoms with Gasteiger partial charge in [-0.05, 0) is 29.8 Å². The fraction of sp³-hybridized carbons (Fsp3) is 0.250. The van der Waals surface area contributed by atoms with Crippen LogP contribution in [0.3, 0.4) is 0 Å². The zero-order chi connectivity index (χ0) is 19.5. The summed E-state index contributed by atoms with van der Waals surface area (Å²) in [4.78, 5) is 28.5. The zero-order valence-corrected chi connectivity index (χ0v) is 15.9. The molecule has 2 aromatic heterocycles. The van der Waals surface area contributed by atoms with Gasteiger partial charge in [0.15, 0.2) is 5.76 Å². The van der Waals surface area contributed by atoms with Gasteiger partial charge >= 0.3 is 0 Å². The maximum atomic E-state index is 12.7. The molecule has 1 fully saturated rings. The van der Waals surface area contributed by atoms with Crippen LogP contribution in [0.4, 0.5) is 0 Å². The van der Waals surface area contributed by atoms with E-state index in [-0.39, 0.29) is 11.8 Å². The van der Waals surface area contributed by atoms with Gasteiger partial charge in [0.1, 0.15) is 0 Å². The number of aromatic nitrogens is 2. The fourth-order valence-corrected chi connectivity index (χ4v) is 3.37. The molecule has 144 valence electrons. The molecule has 1 aliphatic heterocycles. The Labute approximate surface area is 167 Å². The molecule has 4 rings (SSSR count). The number of nitrogens with zero attached hydrogens (tertiary/aromatic N) is 4. The first-order chi connectivity index (χ1) is 13.6. The second-order valence-electron chi connectivity index (χ2n) is 6.61. The van der Waals surface area contributed by atoms with Gasteiger partial charge in [0, 0.05) is 37.9 Å². The molecule has 28 heavy (non-hydrogen) atoms. The number of amides is 2. The maximum absolute atomic E-state index is 12.7. The number of rotatable bonds is 4. The van der Waals surface area contributed by atoms with Gasteiger partial charge in [0.05, 0.1) is 24.0 Å². The molecule has 1 aliphatic rings. The van der Waals surface area contributed by atoms with Crippen molar-refractivity contribution >= 4 is 23.4 Å². The lowest BCUT2D eigenvalue weighted by Gasteiger charge is -2.34. The normalized spacial score (nSPS) is 14.3. The van der Waals surface area contributed by atoms with Crippen LogP contribution in [0.2, 0.25) is 5.02 Å². The minimum atomic E-state index is -0.139. The summed E-state index contributed by atoms with van der Waals surface area (Å²) in [6, 6.07) is 10.8. The molecular formula is C20H19ClN4O3. The Kier molecular flexibility index (Phi) is 5.16. The molecule has 0 aliphatic carbocycles. The number of hydrogen-bond acceptors (Lipinski definition) is 4. The first kappa shape index (κ1) is 18.3. The second kappa shape index (κ2) is 7.90. The molecule has 0 spiro atoms. The van der Waals surface area contributed by atoms with E-state index < -0.39 is 0 Å². The summed E-state index contributed by atoms with van der Waals surface area (Å²) in [5, 5.41) is 4.75. The predicted octanol–water partition coefficient (Wildman–Crippen LogP) is 2.78. The topological polar surface area (TPSA) is 71.6 Å². The molecule has 0 N–H and O–H groups in total. The number of hydrogen-bond donors (Lipinski definition) is 0. The molecule has 1 aromatic carbocycles. The van der Waals surface area contributed by atoms with Crippen molar-refractivity contribution in [1.82, 2.24) is 19.6 Å². The van der Waals surface area contributed by atoms with Crippen LogP contribution in [-0.2, 0) is 6.54 Å². The van der Waals surface area contributed by atoms with Gasteiger partial charge in [-0.2, -0.15) is 5.10 Å². The van der Waals surface area contributed by atoms with Crippen LogP contribution in [-0.4, -0.2) is 57.6 Å². The van der Waals surface area contributed by atoms with Crippen LogP contribution < -0.4 is 0 Å². The predicted molar refractivity (Wildman–Crippen MR) is 103 cm³/mol. The molecule has 0 radical (unpaired) electrons. The average Bonchev–Trinajstić information content (AvgIpc) is 3.40. The lowest BCUT2D eigenvalue weighted by atomic mass is 10.1. The molecular weight excluding hydrogens is 380 g/mol. The SMILES string of the molecule is O=C(c1ccc(Cn2cc(Cl)cn2)cc1)N1CCN(C(=O)c2ccco2)CC1. The molecule has 0 bridgehead atoms. The second-order valence-corrected chi connectivity index (χ2v) is 7.05. The van der Waals surface area contributed by atoms with Gasteiger partial charge in [0.25, 0.3) is 11.8 Å². The Morgan fingerprint density at radius 1 is 1.00 bits per heavy atom. The van der Waals surface area contributed by atoms with Crippen molar-refractivity contribution in [3.05, 3.63) is 77.0 Å². The van der Waals surface area contributed by atoms with E-state index in [9.17, 15) is 9.59 Å². The van der Waals surface area contributed by atoms with Crippen LogP contribution in [0.5, 0.6) is 0 Å². The van der Waals surface area contributed by atoms with E-state index in [1.54, 1.807) is 39.0 Å². The van der Waals surface area contributed by atoms with Crippen molar-refractivity contribution < 1.29 is 14.0 Å². The average molecular weight is 399 g/mol. The van der Waals surface area contributed by atoms with Crippen LogP contribution >= 0.6 is 11.6 Å². The highest BCUT2D eigenvalue weighted by molar-refractivity contribution is 6.30. The number of furan rings is 1. The zero-order valence-electron chi connectivity index (χ0n) is 15.1. The monoisotopic (exact) mass is 398 g/mol. The Hall–Kier alpha value is -3.06. The summed E-state index contributed by atoms with van der Waals surface area (Å²) in [6.07, 6.45) is 4.83. The smallest absolute Gasteiger partial charge is 0.289 e. The third kappa shape index (κ3) is 3.94. The summed E-state index contributed by atoms with van der Waals surface area (Å²) in [7, 11) is 0. The van der Waals surface area contributed by atoms with E-state index in [1.807, 2.05) is 24.3 Å². The van der Waals surface area contributed by atoms with E-state index in [4.69, 9.17) is 16.0 Å². The Morgan fingerprint density at radius 2 is 1.68 bits per heavy atom. The van der Waals surface area contributed by atoms with Crippen LogP contribution in [0.15, 0.2) is 59.5 Å². The highest BCUT2D eigenvalue weighted by Gasteiger charge is 2.26. The first-order valence-electron chi connectivity index (χ1n) is 8.99. The van der Waals surface area contributed by atoms with Gasteiger partial charge in [-0.25, -0.2) is 0 Å². The standard InChI is InChI=1S/C20H19ClN4O3/c21-17-12-22-25(14-17)13-15-3-5-16(6-4-15)19(26)23-7-9-24(10-8-23)20(27)18-2-1-11-28-18/h1-6,11-12,14H,7-10,13H2. The van der Waals surface area contributed by atoms with Crippen molar-refractivity contribution in [2.75, 3.05) is 26.2 Å². The molecule has 2 amide bonds. The van der Waals surface area contributed by atoms with Crippen molar-refractivity contribution in [2.24, 2.45) is 0 Å². The van der Waals surface area contributed by atoms with E-state index in [0.29, 0.717) is 49.1 Å². The molecule has 0 saturated carbocycles. The summed E-state index contributed by atoms with van der Waals surface area (Å²) in [5.74, 6) is 0.160. The Balaban J connectivity index is 1.34. The Bertz CT molecular complexity index is 958. The lowest BCUT2D eigenvalue weighted by molar-refractivity contribution is 0.0518. The van der Waals surface area contributed by atoms with E-state index in [1.165, 1.54) is 6.26 Å². The number of piperazine rings is 1. The third-order valence-corrected chi connectivity index (χ3v) is 4.93. The van der Waals surface area contributed by atoms with E-state index in [0.717, 1.165) is 5.56 Å². The summed E-state index contributed by atoms with van der Waals surface area (Å²) in [5.41, 5.74) is 1.67. The maximum Gasteiger partial charge on any atom is 0.289 e. The molecule has 8 heteroatoms. The summed E-state index contributed by atoms with van der Waals surface area (Å²) >= 11 is 5.87. The van der Waals surface area contributed by atoms with Crippen molar-refractivity contribution in [1.29, 1.82) is 0 Å². The number of benzene rings is 1. The van der Waals surface area contributed by atoms with Crippen molar-refractivity contribution in [3.63, 3.8) is 0 Å². The summed E-state index contributed by atoms with van der Waals surface area (Å²) < 4.78 is 6.91. The van der Waals surface area contributed by atoms with Gasteiger partial charge < -0.3 is 14.2 Å². The molecule has 7 nitrogen and oxygen atoms in total. The van der Waals surface area contributed by atoms with Gasteiger partial charge in [-0.1, -0.05) is 23.7 Å². The first-order valence-corrected chi connectivity index (χ1v) is 9.37. The molecule has 3 aromatic rings. The third-order valence-electron chi connectivity index (χ3n) is 4.73. The van der Waals surface area contributed by atoms with Gasteiger partial charge in [0.2, 0.25) is 0 Å². The minimum absolute atomic E-state index is 0.0289. The van der Waals surface area contributed by atoms with Crippen molar-refractivity contribution in [2.45, 2.75) is 6.54 Å². The van der Waals surface area contributed by atoms with Crippen LogP contribution in [0.1, 0.15) is 26.5 Å². The quantitative estimate of drug-likeness (QED) is 0.677. The minimum Gasteiger partial charge on any atom is -0.459 e.